The molecule has 4 nitrogen and oxygen atoms in total. The molecule has 0 amide bonds. The lowest BCUT2D eigenvalue weighted by molar-refractivity contribution is 0.0677. The fourth-order valence-corrected chi connectivity index (χ4v) is 1.70. The van der Waals surface area contributed by atoms with E-state index in [1.165, 1.54) is 0 Å². The van der Waals surface area contributed by atoms with E-state index in [4.69, 9.17) is 4.74 Å². The molecule has 0 radical (unpaired) electrons. The highest BCUT2D eigenvalue weighted by Gasteiger charge is 2.23. The zero-order valence-electron chi connectivity index (χ0n) is 11.3. The van der Waals surface area contributed by atoms with E-state index >= 15 is 0 Å². The highest BCUT2D eigenvalue weighted by Crippen LogP contribution is 2.25. The molecule has 3 N–H and O–H groups in total. The maximum absolute atomic E-state index is 9.24. The van der Waals surface area contributed by atoms with Gasteiger partial charge in [0.25, 0.3) is 0 Å². The Hall–Kier alpha value is -1.10. The maximum Gasteiger partial charge on any atom is 0.123 e. The maximum atomic E-state index is 9.24. The van der Waals surface area contributed by atoms with Crippen molar-refractivity contribution in [2.75, 3.05) is 26.9 Å². The highest BCUT2D eigenvalue weighted by atomic mass is 16.5. The Bertz CT molecular complexity index is 364. The largest absolute Gasteiger partial charge is 0.496 e. The lowest BCUT2D eigenvalue weighted by atomic mass is 9.92. The van der Waals surface area contributed by atoms with Crippen molar-refractivity contribution >= 4 is 0 Å². The van der Waals surface area contributed by atoms with Crippen LogP contribution < -0.4 is 10.1 Å². The summed E-state index contributed by atoms with van der Waals surface area (Å²) in [6.07, 6.45) is 0. The molecular formula is C14H23NO3. The molecule has 18 heavy (non-hydrogen) atoms. The van der Waals surface area contributed by atoms with Gasteiger partial charge in [-0.3, -0.25) is 0 Å². The average molecular weight is 253 g/mol. The number of hydrogen-bond donors (Lipinski definition) is 3. The molecule has 1 aromatic rings. The van der Waals surface area contributed by atoms with Gasteiger partial charge in [-0.1, -0.05) is 25.1 Å². The van der Waals surface area contributed by atoms with Crippen LogP contribution in [0.25, 0.3) is 0 Å². The van der Waals surface area contributed by atoms with Gasteiger partial charge in [0.05, 0.1) is 20.3 Å². The lowest BCUT2D eigenvalue weighted by Gasteiger charge is -2.27. The fraction of sp³-hybridized carbons (Fsp3) is 0.571. The van der Waals surface area contributed by atoms with E-state index in [-0.39, 0.29) is 19.3 Å². The van der Waals surface area contributed by atoms with Gasteiger partial charge in [-0.15, -0.1) is 0 Å². The Labute approximate surface area is 109 Å². The number of methoxy groups -OCH3 is 1. The number of aliphatic hydroxyl groups excluding tert-OH is 2. The summed E-state index contributed by atoms with van der Waals surface area (Å²) < 4.78 is 5.31. The standard InChI is InChI=1S/C14H23NO3/c1-11(15-8-14(2,9-16)10-17)12-6-4-5-7-13(12)18-3/h4-7,11,15-17H,8-10H2,1-3H3/t11-/m1/s1. The summed E-state index contributed by atoms with van der Waals surface area (Å²) in [6, 6.07) is 7.92. The molecule has 0 heterocycles. The van der Waals surface area contributed by atoms with Crippen LogP contribution >= 0.6 is 0 Å². The van der Waals surface area contributed by atoms with Crippen molar-refractivity contribution < 1.29 is 14.9 Å². The second kappa shape index (κ2) is 6.73. The van der Waals surface area contributed by atoms with Crippen molar-refractivity contribution in [3.8, 4) is 5.75 Å². The molecule has 1 aromatic carbocycles. The van der Waals surface area contributed by atoms with E-state index in [0.29, 0.717) is 6.54 Å². The molecular weight excluding hydrogens is 230 g/mol. The Kier molecular flexibility index (Phi) is 5.59. The first-order valence-electron chi connectivity index (χ1n) is 6.14. The van der Waals surface area contributed by atoms with Gasteiger partial charge in [0.1, 0.15) is 5.75 Å². The molecule has 0 spiro atoms. The SMILES string of the molecule is COc1ccccc1[C@@H](C)NCC(C)(CO)CO. The van der Waals surface area contributed by atoms with E-state index in [1.807, 2.05) is 38.1 Å². The zero-order valence-corrected chi connectivity index (χ0v) is 11.3. The van der Waals surface area contributed by atoms with Crippen LogP contribution in [-0.4, -0.2) is 37.1 Å². The minimum absolute atomic E-state index is 0.0465. The van der Waals surface area contributed by atoms with Crippen LogP contribution in [0, 0.1) is 5.41 Å². The summed E-state index contributed by atoms with van der Waals surface area (Å²) in [5.74, 6) is 0.840. The molecule has 0 saturated heterocycles. The van der Waals surface area contributed by atoms with Crippen LogP contribution in [0.5, 0.6) is 5.75 Å². The molecule has 0 fully saturated rings. The van der Waals surface area contributed by atoms with Crippen molar-refractivity contribution in [1.29, 1.82) is 0 Å². The van der Waals surface area contributed by atoms with Crippen molar-refractivity contribution in [2.24, 2.45) is 5.41 Å². The van der Waals surface area contributed by atoms with Gasteiger partial charge in [-0.05, 0) is 13.0 Å². The molecule has 0 aromatic heterocycles. The number of para-hydroxylation sites is 1. The van der Waals surface area contributed by atoms with E-state index in [2.05, 4.69) is 5.32 Å². The smallest absolute Gasteiger partial charge is 0.123 e. The summed E-state index contributed by atoms with van der Waals surface area (Å²) in [4.78, 5) is 0. The molecule has 0 aliphatic carbocycles. The van der Waals surface area contributed by atoms with Crippen LogP contribution in [0.1, 0.15) is 25.5 Å². The van der Waals surface area contributed by atoms with Gasteiger partial charge in [0.15, 0.2) is 0 Å². The third-order valence-electron chi connectivity index (χ3n) is 3.20. The van der Waals surface area contributed by atoms with Crippen LogP contribution in [0.4, 0.5) is 0 Å². The Morgan fingerprint density at radius 2 is 1.89 bits per heavy atom. The normalized spacial score (nSPS) is 13.4. The van der Waals surface area contributed by atoms with Crippen LogP contribution in [-0.2, 0) is 0 Å². The van der Waals surface area contributed by atoms with Crippen molar-refractivity contribution in [2.45, 2.75) is 19.9 Å². The van der Waals surface area contributed by atoms with E-state index in [1.54, 1.807) is 7.11 Å². The first-order chi connectivity index (χ1) is 8.56. The zero-order chi connectivity index (χ0) is 13.6. The van der Waals surface area contributed by atoms with Gasteiger partial charge in [-0.25, -0.2) is 0 Å². The van der Waals surface area contributed by atoms with Gasteiger partial charge in [0, 0.05) is 23.6 Å². The molecule has 0 aliphatic heterocycles. The Morgan fingerprint density at radius 3 is 2.44 bits per heavy atom. The lowest BCUT2D eigenvalue weighted by Crippen LogP contribution is -2.38. The van der Waals surface area contributed by atoms with E-state index in [9.17, 15) is 10.2 Å². The fourth-order valence-electron chi connectivity index (χ4n) is 1.70. The third kappa shape index (κ3) is 3.70. The minimum atomic E-state index is -0.504. The quantitative estimate of drug-likeness (QED) is 0.686. The monoisotopic (exact) mass is 253 g/mol. The third-order valence-corrected chi connectivity index (χ3v) is 3.20. The first-order valence-corrected chi connectivity index (χ1v) is 6.14. The number of hydrogen-bond acceptors (Lipinski definition) is 4. The average Bonchev–Trinajstić information content (AvgIpc) is 2.44. The van der Waals surface area contributed by atoms with Crippen molar-refractivity contribution in [3.63, 3.8) is 0 Å². The summed E-state index contributed by atoms with van der Waals surface area (Å²) in [6.45, 7) is 4.32. The van der Waals surface area contributed by atoms with Crippen LogP contribution in [0.3, 0.4) is 0 Å². The predicted octanol–water partition coefficient (Wildman–Crippen LogP) is 1.34. The second-order valence-corrected chi connectivity index (χ2v) is 4.97. The van der Waals surface area contributed by atoms with Gasteiger partial charge in [0.2, 0.25) is 0 Å². The highest BCUT2D eigenvalue weighted by molar-refractivity contribution is 5.35. The molecule has 0 saturated carbocycles. The second-order valence-electron chi connectivity index (χ2n) is 4.97. The van der Waals surface area contributed by atoms with Gasteiger partial charge >= 0.3 is 0 Å². The minimum Gasteiger partial charge on any atom is -0.496 e. The topological polar surface area (TPSA) is 61.7 Å². The Balaban J connectivity index is 2.68. The molecule has 0 aliphatic rings. The van der Waals surface area contributed by atoms with Crippen LogP contribution in [0.2, 0.25) is 0 Å². The van der Waals surface area contributed by atoms with E-state index < -0.39 is 5.41 Å². The summed E-state index contributed by atoms with van der Waals surface area (Å²) in [5.41, 5.74) is 0.564. The molecule has 0 unspecified atom stereocenters. The summed E-state index contributed by atoms with van der Waals surface area (Å²) >= 11 is 0. The number of rotatable bonds is 7. The molecule has 4 heteroatoms. The predicted molar refractivity (Wildman–Crippen MR) is 71.7 cm³/mol. The molecule has 102 valence electrons. The number of benzene rings is 1. The van der Waals surface area contributed by atoms with Gasteiger partial charge < -0.3 is 20.3 Å². The summed E-state index contributed by atoms with van der Waals surface area (Å²) in [5, 5.41) is 21.8. The molecule has 1 rings (SSSR count). The number of aliphatic hydroxyl groups is 2. The van der Waals surface area contributed by atoms with Crippen molar-refractivity contribution in [3.05, 3.63) is 29.8 Å². The number of ether oxygens (including phenoxy) is 1. The Morgan fingerprint density at radius 1 is 1.28 bits per heavy atom. The van der Waals surface area contributed by atoms with Crippen molar-refractivity contribution in [1.82, 2.24) is 5.32 Å². The first kappa shape index (κ1) is 15.0. The molecule has 1 atom stereocenters. The molecule has 0 bridgehead atoms. The summed E-state index contributed by atoms with van der Waals surface area (Å²) in [7, 11) is 1.65. The van der Waals surface area contributed by atoms with Gasteiger partial charge in [-0.2, -0.15) is 0 Å². The number of nitrogens with one attached hydrogen (secondary N) is 1. The van der Waals surface area contributed by atoms with E-state index in [0.717, 1.165) is 11.3 Å². The van der Waals surface area contributed by atoms with Crippen LogP contribution in [0.15, 0.2) is 24.3 Å².